The quantitative estimate of drug-likeness (QED) is 0.646. The van der Waals surface area contributed by atoms with E-state index in [0.29, 0.717) is 27.7 Å². The van der Waals surface area contributed by atoms with Gasteiger partial charge in [0.05, 0.1) is 18.0 Å². The lowest BCUT2D eigenvalue weighted by molar-refractivity contribution is -0.122. The highest BCUT2D eigenvalue weighted by molar-refractivity contribution is 7.92. The Bertz CT molecular complexity index is 1150. The van der Waals surface area contributed by atoms with Crippen molar-refractivity contribution in [2.45, 2.75) is 11.9 Å². The third-order valence-corrected chi connectivity index (χ3v) is 6.63. The summed E-state index contributed by atoms with van der Waals surface area (Å²) in [6.07, 6.45) is -0.999. The maximum atomic E-state index is 13.2. The summed E-state index contributed by atoms with van der Waals surface area (Å²) in [5.41, 5.74) is 1.64. The Hall–Kier alpha value is -3.03. The van der Waals surface area contributed by atoms with E-state index >= 15 is 0 Å². The Morgan fingerprint density at radius 3 is 2.40 bits per heavy atom. The van der Waals surface area contributed by atoms with Crippen LogP contribution in [0.3, 0.4) is 0 Å². The number of benzene rings is 3. The molecule has 0 saturated heterocycles. The molecule has 0 aromatic heterocycles. The molecule has 3 aromatic rings. The number of para-hydroxylation sites is 2. The number of ether oxygens (including phenoxy) is 1. The number of rotatable bonds is 5. The Morgan fingerprint density at radius 2 is 1.67 bits per heavy atom. The van der Waals surface area contributed by atoms with Crippen molar-refractivity contribution in [3.8, 4) is 5.75 Å². The highest BCUT2D eigenvalue weighted by Gasteiger charge is 2.36. The molecule has 3 aromatic carbocycles. The van der Waals surface area contributed by atoms with Crippen molar-refractivity contribution in [1.29, 1.82) is 0 Å². The summed E-state index contributed by atoms with van der Waals surface area (Å²) < 4.78 is 33.5. The molecule has 4 rings (SSSR count). The maximum absolute atomic E-state index is 13.2. The van der Waals surface area contributed by atoms with Crippen LogP contribution in [0.2, 0.25) is 5.02 Å². The number of nitrogens with zero attached hydrogens (tertiary/aromatic N) is 1. The number of nitrogens with one attached hydrogen (secondary N) is 1. The molecule has 6 nitrogen and oxygen atoms in total. The maximum Gasteiger partial charge on any atom is 0.267 e. The van der Waals surface area contributed by atoms with E-state index in [0.717, 1.165) is 0 Å². The van der Waals surface area contributed by atoms with E-state index < -0.39 is 22.0 Å². The average Bonchev–Trinajstić information content (AvgIpc) is 2.75. The molecule has 0 saturated carbocycles. The fraction of sp³-hybridized carbons (Fsp3) is 0.136. The van der Waals surface area contributed by atoms with E-state index in [1.54, 1.807) is 72.8 Å². The molecule has 0 fully saturated rings. The van der Waals surface area contributed by atoms with Gasteiger partial charge in [0.2, 0.25) is 10.0 Å². The van der Waals surface area contributed by atoms with E-state index in [-0.39, 0.29) is 12.3 Å². The van der Waals surface area contributed by atoms with Crippen LogP contribution in [0.25, 0.3) is 0 Å². The summed E-state index contributed by atoms with van der Waals surface area (Å²) in [6.45, 7) is -0.119. The first-order valence-electron chi connectivity index (χ1n) is 9.29. The summed E-state index contributed by atoms with van der Waals surface area (Å²) >= 11 is 5.88. The van der Waals surface area contributed by atoms with Crippen LogP contribution in [0.5, 0.6) is 5.75 Å². The van der Waals surface area contributed by atoms with Gasteiger partial charge in [-0.3, -0.25) is 9.10 Å². The molecule has 1 aliphatic heterocycles. The largest absolute Gasteiger partial charge is 0.476 e. The molecule has 0 unspecified atom stereocenters. The number of fused-ring (bicyclic) bond motifs is 1. The van der Waals surface area contributed by atoms with Crippen LogP contribution in [0.15, 0.2) is 78.9 Å². The van der Waals surface area contributed by atoms with Crippen LogP contribution in [-0.2, 0) is 20.6 Å². The zero-order valence-corrected chi connectivity index (χ0v) is 17.4. The van der Waals surface area contributed by atoms with Crippen LogP contribution in [0.1, 0.15) is 5.56 Å². The van der Waals surface area contributed by atoms with Gasteiger partial charge in [-0.1, -0.05) is 54.1 Å². The molecule has 1 atom stereocenters. The van der Waals surface area contributed by atoms with Gasteiger partial charge in [0.25, 0.3) is 5.91 Å². The first-order valence-corrected chi connectivity index (χ1v) is 11.3. The first-order chi connectivity index (χ1) is 14.4. The molecule has 1 heterocycles. The lowest BCUT2D eigenvalue weighted by atomic mass is 10.2. The van der Waals surface area contributed by atoms with E-state index in [1.807, 2.05) is 6.07 Å². The highest BCUT2D eigenvalue weighted by atomic mass is 35.5. The number of carbonyl (C=O) groups excluding carboxylic acids is 1. The third-order valence-electron chi connectivity index (χ3n) is 4.67. The zero-order chi connectivity index (χ0) is 21.1. The minimum atomic E-state index is -3.74. The summed E-state index contributed by atoms with van der Waals surface area (Å²) in [7, 11) is -3.74. The lowest BCUT2D eigenvalue weighted by Crippen LogP contribution is -2.49. The van der Waals surface area contributed by atoms with Crippen molar-refractivity contribution in [2.75, 3.05) is 16.2 Å². The monoisotopic (exact) mass is 442 g/mol. The predicted molar refractivity (Wildman–Crippen MR) is 117 cm³/mol. The van der Waals surface area contributed by atoms with Crippen molar-refractivity contribution in [3.63, 3.8) is 0 Å². The van der Waals surface area contributed by atoms with Crippen molar-refractivity contribution < 1.29 is 17.9 Å². The van der Waals surface area contributed by atoms with Gasteiger partial charge >= 0.3 is 0 Å². The molecular formula is C22H19ClN2O4S. The molecule has 1 N–H and O–H groups in total. The van der Waals surface area contributed by atoms with Gasteiger partial charge in [-0.05, 0) is 42.0 Å². The molecular weight excluding hydrogens is 424 g/mol. The third kappa shape index (κ3) is 4.42. The van der Waals surface area contributed by atoms with Gasteiger partial charge < -0.3 is 10.1 Å². The average molecular weight is 443 g/mol. The summed E-state index contributed by atoms with van der Waals surface area (Å²) in [5.74, 6) is -0.267. The second-order valence-electron chi connectivity index (χ2n) is 6.84. The SMILES string of the molecule is O=C(Nc1ccc(Cl)cc1)[C@@H]1CN(S(=O)(=O)Cc2ccccc2)c2ccccc2O1. The first kappa shape index (κ1) is 20.3. The molecule has 0 bridgehead atoms. The predicted octanol–water partition coefficient (Wildman–Crippen LogP) is 4.08. The van der Waals surface area contributed by atoms with E-state index in [1.165, 1.54) is 4.31 Å². The summed E-state index contributed by atoms with van der Waals surface area (Å²) in [6, 6.07) is 22.4. The van der Waals surface area contributed by atoms with Gasteiger partial charge in [-0.15, -0.1) is 0 Å². The molecule has 1 amide bonds. The van der Waals surface area contributed by atoms with Crippen LogP contribution >= 0.6 is 11.6 Å². The van der Waals surface area contributed by atoms with Crippen molar-refractivity contribution >= 4 is 38.9 Å². The lowest BCUT2D eigenvalue weighted by Gasteiger charge is -2.34. The zero-order valence-electron chi connectivity index (χ0n) is 15.9. The number of amides is 1. The standard InChI is InChI=1S/C22H19ClN2O4S/c23-17-10-12-18(13-11-17)24-22(26)21-14-25(19-8-4-5-9-20(19)29-21)30(27,28)15-16-6-2-1-3-7-16/h1-13,21H,14-15H2,(H,24,26)/t21-/m0/s1. The smallest absolute Gasteiger partial charge is 0.267 e. The molecule has 8 heteroatoms. The number of halogens is 1. The molecule has 0 aliphatic carbocycles. The Balaban J connectivity index is 1.60. The summed E-state index contributed by atoms with van der Waals surface area (Å²) in [4.78, 5) is 12.8. The number of hydrogen-bond acceptors (Lipinski definition) is 4. The Morgan fingerprint density at radius 1 is 1.00 bits per heavy atom. The minimum Gasteiger partial charge on any atom is -0.476 e. The Kier molecular flexibility index (Phi) is 5.65. The fourth-order valence-corrected chi connectivity index (χ4v) is 4.93. The summed E-state index contributed by atoms with van der Waals surface area (Å²) in [5, 5.41) is 3.30. The van der Waals surface area contributed by atoms with Crippen LogP contribution in [0.4, 0.5) is 11.4 Å². The number of sulfonamides is 1. The fourth-order valence-electron chi connectivity index (χ4n) is 3.22. The molecule has 0 spiro atoms. The van der Waals surface area contributed by atoms with Crippen LogP contribution < -0.4 is 14.4 Å². The van der Waals surface area contributed by atoms with Gasteiger partial charge in [0, 0.05) is 10.7 Å². The highest BCUT2D eigenvalue weighted by Crippen LogP contribution is 2.36. The van der Waals surface area contributed by atoms with E-state index in [2.05, 4.69) is 5.32 Å². The molecule has 0 radical (unpaired) electrons. The normalized spacial score (nSPS) is 15.8. The van der Waals surface area contributed by atoms with Crippen molar-refractivity contribution in [3.05, 3.63) is 89.4 Å². The van der Waals surface area contributed by atoms with Crippen molar-refractivity contribution in [2.24, 2.45) is 0 Å². The van der Waals surface area contributed by atoms with Gasteiger partial charge in [-0.2, -0.15) is 0 Å². The van der Waals surface area contributed by atoms with Crippen LogP contribution in [-0.4, -0.2) is 27.0 Å². The molecule has 1 aliphatic rings. The molecule has 30 heavy (non-hydrogen) atoms. The van der Waals surface area contributed by atoms with Crippen LogP contribution in [0, 0.1) is 0 Å². The number of hydrogen-bond donors (Lipinski definition) is 1. The van der Waals surface area contributed by atoms with E-state index in [9.17, 15) is 13.2 Å². The minimum absolute atomic E-state index is 0.119. The van der Waals surface area contributed by atoms with Gasteiger partial charge in [0.1, 0.15) is 5.75 Å². The van der Waals surface area contributed by atoms with Gasteiger partial charge in [-0.25, -0.2) is 8.42 Å². The number of carbonyl (C=O) groups is 1. The number of anilines is 2. The van der Waals surface area contributed by atoms with Crippen molar-refractivity contribution in [1.82, 2.24) is 0 Å². The topological polar surface area (TPSA) is 75.7 Å². The second-order valence-corrected chi connectivity index (χ2v) is 9.17. The Labute approximate surface area is 180 Å². The van der Waals surface area contributed by atoms with E-state index in [4.69, 9.17) is 16.3 Å². The van der Waals surface area contributed by atoms with Gasteiger partial charge in [0.15, 0.2) is 6.10 Å². The molecule has 154 valence electrons. The second kappa shape index (κ2) is 8.38.